The standard InChI is InChI=1S/C14H19BF3O.K/c1-2-11-3-7-13(8-4-11)19-14-9-5-12(6-10-14)15(16,17)18;/h5-6,9-11,13H,2-4,7-8H2,1H3;/q-1;+1. The molecule has 0 unspecified atom stereocenters. The van der Waals surface area contributed by atoms with E-state index in [-0.39, 0.29) is 57.5 Å². The largest absolute Gasteiger partial charge is 1.00 e. The summed E-state index contributed by atoms with van der Waals surface area (Å²) in [5, 5.41) is 0. The molecule has 1 aliphatic carbocycles. The van der Waals surface area contributed by atoms with Crippen LogP contribution in [-0.2, 0) is 0 Å². The summed E-state index contributed by atoms with van der Waals surface area (Å²) in [6, 6.07) is 5.06. The Morgan fingerprint density at radius 1 is 1.05 bits per heavy atom. The van der Waals surface area contributed by atoms with Gasteiger partial charge in [0.1, 0.15) is 5.75 Å². The van der Waals surface area contributed by atoms with Crippen LogP contribution in [0.15, 0.2) is 24.3 Å². The van der Waals surface area contributed by atoms with Crippen molar-refractivity contribution in [1.82, 2.24) is 0 Å². The summed E-state index contributed by atoms with van der Waals surface area (Å²) in [4.78, 5) is 0. The molecule has 106 valence electrons. The number of halogens is 3. The molecule has 1 aromatic carbocycles. The maximum atomic E-state index is 12.5. The van der Waals surface area contributed by atoms with E-state index in [1.807, 2.05) is 0 Å². The fraction of sp³-hybridized carbons (Fsp3) is 0.571. The molecule has 0 saturated heterocycles. The molecule has 0 amide bonds. The van der Waals surface area contributed by atoms with Crippen LogP contribution in [0.5, 0.6) is 5.75 Å². The van der Waals surface area contributed by atoms with Gasteiger partial charge in [-0.2, -0.15) is 0 Å². The van der Waals surface area contributed by atoms with Crippen LogP contribution in [0, 0.1) is 5.92 Å². The molecule has 1 nitrogen and oxygen atoms in total. The molecule has 6 heteroatoms. The summed E-state index contributed by atoms with van der Waals surface area (Å²) in [6.07, 6.45) is 5.68. The summed E-state index contributed by atoms with van der Waals surface area (Å²) in [7, 11) is 0. The average molecular weight is 310 g/mol. The zero-order valence-corrected chi connectivity index (χ0v) is 15.2. The van der Waals surface area contributed by atoms with E-state index in [4.69, 9.17) is 4.74 Å². The van der Waals surface area contributed by atoms with Gasteiger partial charge in [-0.25, -0.2) is 0 Å². The third kappa shape index (κ3) is 5.37. The third-order valence-electron chi connectivity index (χ3n) is 3.93. The first-order valence-electron chi connectivity index (χ1n) is 6.95. The molecule has 1 aliphatic rings. The molecular formula is C14H19BF3KO. The van der Waals surface area contributed by atoms with E-state index in [0.717, 1.165) is 43.7 Å². The molecular weight excluding hydrogens is 291 g/mol. The van der Waals surface area contributed by atoms with E-state index in [1.165, 1.54) is 18.6 Å². The van der Waals surface area contributed by atoms with Crippen LogP contribution >= 0.6 is 0 Å². The number of ether oxygens (including phenoxy) is 1. The van der Waals surface area contributed by atoms with Gasteiger partial charge in [0, 0.05) is 0 Å². The van der Waals surface area contributed by atoms with Crippen LogP contribution in [0.1, 0.15) is 39.0 Å². The fourth-order valence-corrected chi connectivity index (χ4v) is 2.62. The molecule has 0 bridgehead atoms. The van der Waals surface area contributed by atoms with Gasteiger partial charge in [-0.3, -0.25) is 0 Å². The van der Waals surface area contributed by atoms with Gasteiger partial charge in [0.25, 0.3) is 0 Å². The normalized spacial score (nSPS) is 23.0. The van der Waals surface area contributed by atoms with Crippen molar-refractivity contribution in [3.8, 4) is 5.75 Å². The van der Waals surface area contributed by atoms with Crippen molar-refractivity contribution in [3.63, 3.8) is 0 Å². The summed E-state index contributed by atoms with van der Waals surface area (Å²) in [5.74, 6) is 1.33. The Balaban J connectivity index is 0.00000200. The quantitative estimate of drug-likeness (QED) is 0.757. The van der Waals surface area contributed by atoms with Crippen LogP contribution in [0.4, 0.5) is 12.9 Å². The minimum Gasteiger partial charge on any atom is -0.490 e. The molecule has 0 spiro atoms. The number of benzene rings is 1. The smallest absolute Gasteiger partial charge is 0.490 e. The van der Waals surface area contributed by atoms with Crippen molar-refractivity contribution < 1.29 is 69.1 Å². The van der Waals surface area contributed by atoms with E-state index >= 15 is 0 Å². The molecule has 1 aromatic rings. The molecule has 0 aliphatic heterocycles. The second-order valence-corrected chi connectivity index (χ2v) is 5.31. The molecule has 2 rings (SSSR count). The van der Waals surface area contributed by atoms with E-state index in [2.05, 4.69) is 6.92 Å². The summed E-state index contributed by atoms with van der Waals surface area (Å²) in [6.45, 7) is -2.71. The van der Waals surface area contributed by atoms with Gasteiger partial charge in [0.2, 0.25) is 0 Å². The zero-order valence-electron chi connectivity index (χ0n) is 12.1. The monoisotopic (exact) mass is 310 g/mol. The van der Waals surface area contributed by atoms with E-state index in [0.29, 0.717) is 5.75 Å². The fourth-order valence-electron chi connectivity index (χ4n) is 2.62. The molecule has 1 fully saturated rings. The molecule has 0 atom stereocenters. The first-order valence-corrected chi connectivity index (χ1v) is 6.95. The Bertz CT molecular complexity index is 400. The first-order chi connectivity index (χ1) is 8.99. The van der Waals surface area contributed by atoms with Crippen LogP contribution < -0.4 is 61.6 Å². The van der Waals surface area contributed by atoms with Crippen LogP contribution in [-0.4, -0.2) is 13.1 Å². The number of hydrogen-bond acceptors (Lipinski definition) is 1. The number of rotatable bonds is 4. The predicted molar refractivity (Wildman–Crippen MR) is 71.8 cm³/mol. The average Bonchev–Trinajstić information content (AvgIpc) is 2.39. The topological polar surface area (TPSA) is 9.23 Å². The van der Waals surface area contributed by atoms with E-state index in [1.54, 1.807) is 0 Å². The molecule has 0 heterocycles. The Kier molecular flexibility index (Phi) is 7.63. The maximum absolute atomic E-state index is 12.5. The van der Waals surface area contributed by atoms with Crippen molar-refractivity contribution in [3.05, 3.63) is 24.3 Å². The van der Waals surface area contributed by atoms with Crippen LogP contribution in [0.25, 0.3) is 0 Å². The van der Waals surface area contributed by atoms with Crippen molar-refractivity contribution in [2.45, 2.75) is 45.1 Å². The Morgan fingerprint density at radius 2 is 1.60 bits per heavy atom. The Hall–Kier alpha value is 0.511. The molecule has 0 radical (unpaired) electrons. The predicted octanol–water partition coefficient (Wildman–Crippen LogP) is 1.09. The van der Waals surface area contributed by atoms with E-state index in [9.17, 15) is 12.9 Å². The molecule has 1 saturated carbocycles. The summed E-state index contributed by atoms with van der Waals surface area (Å²) >= 11 is 0. The molecule has 20 heavy (non-hydrogen) atoms. The second kappa shape index (κ2) is 8.22. The van der Waals surface area contributed by atoms with Gasteiger partial charge in [-0.15, -0.1) is 5.46 Å². The summed E-state index contributed by atoms with van der Waals surface area (Å²) in [5.41, 5.74) is -0.568. The second-order valence-electron chi connectivity index (χ2n) is 5.31. The Morgan fingerprint density at radius 3 is 2.05 bits per heavy atom. The Labute approximate surface area is 161 Å². The number of hydrogen-bond donors (Lipinski definition) is 0. The zero-order chi connectivity index (χ0) is 13.9. The third-order valence-corrected chi connectivity index (χ3v) is 3.93. The van der Waals surface area contributed by atoms with Gasteiger partial charge in [-0.1, -0.05) is 25.5 Å². The van der Waals surface area contributed by atoms with Gasteiger partial charge in [0.05, 0.1) is 6.10 Å². The first kappa shape index (κ1) is 18.6. The minimum absolute atomic E-state index is 0. The molecule has 0 aromatic heterocycles. The van der Waals surface area contributed by atoms with Gasteiger partial charge in [0.15, 0.2) is 0 Å². The minimum atomic E-state index is -4.91. The van der Waals surface area contributed by atoms with Crippen LogP contribution in [0.2, 0.25) is 0 Å². The van der Waals surface area contributed by atoms with Crippen molar-refractivity contribution in [2.24, 2.45) is 5.92 Å². The molecule has 0 N–H and O–H groups in total. The van der Waals surface area contributed by atoms with E-state index < -0.39 is 12.4 Å². The maximum Gasteiger partial charge on any atom is 1.00 e. The van der Waals surface area contributed by atoms with Gasteiger partial charge < -0.3 is 17.7 Å². The summed E-state index contributed by atoms with van der Waals surface area (Å²) < 4.78 is 43.2. The van der Waals surface area contributed by atoms with Crippen molar-refractivity contribution >= 4 is 12.4 Å². The van der Waals surface area contributed by atoms with Gasteiger partial charge in [-0.05, 0) is 43.7 Å². The van der Waals surface area contributed by atoms with Gasteiger partial charge >= 0.3 is 58.4 Å². The SMILES string of the molecule is CCC1CCC(Oc2ccc([B-](F)(F)F)cc2)CC1.[K+]. The van der Waals surface area contributed by atoms with Crippen molar-refractivity contribution in [2.75, 3.05) is 0 Å². The van der Waals surface area contributed by atoms with Crippen molar-refractivity contribution in [1.29, 1.82) is 0 Å². The van der Waals surface area contributed by atoms with Crippen LogP contribution in [0.3, 0.4) is 0 Å².